The average Bonchev–Trinajstić information content (AvgIpc) is 2.00. The zero-order valence-electron chi connectivity index (χ0n) is 6.04. The maximum Gasteiger partial charge on any atom is 0.103 e. The van der Waals surface area contributed by atoms with E-state index in [1.807, 2.05) is 6.92 Å². The van der Waals surface area contributed by atoms with Gasteiger partial charge in [-0.15, -0.1) is 0 Å². The molecule has 2 N–H and O–H groups in total. The number of hydrogen-bond acceptors (Lipinski definition) is 3. The van der Waals surface area contributed by atoms with E-state index in [2.05, 4.69) is 23.4 Å². The second-order valence-electron chi connectivity index (χ2n) is 1.54. The smallest absolute Gasteiger partial charge is 0.103 e. The molecule has 54 valence electrons. The molecule has 0 rings (SSSR count). The minimum atomic E-state index is 0.553. The van der Waals surface area contributed by atoms with E-state index in [9.17, 15) is 0 Å². The highest BCUT2D eigenvalue weighted by atomic mass is 14.8. The van der Waals surface area contributed by atoms with E-state index in [0.29, 0.717) is 11.4 Å². The molecule has 3 nitrogen and oxygen atoms in total. The predicted molar refractivity (Wildman–Crippen MR) is 45.1 cm³/mol. The van der Waals surface area contributed by atoms with Crippen molar-refractivity contribution in [2.45, 2.75) is 6.92 Å². The molecule has 10 heavy (non-hydrogen) atoms. The van der Waals surface area contributed by atoms with Crippen LogP contribution in [-0.2, 0) is 0 Å². The summed E-state index contributed by atoms with van der Waals surface area (Å²) in [7, 11) is 0. The molecule has 0 aliphatic heterocycles. The van der Waals surface area contributed by atoms with Crippen LogP contribution in [0.15, 0.2) is 33.7 Å². The van der Waals surface area contributed by atoms with Crippen LogP contribution in [0.25, 0.3) is 0 Å². The SMILES string of the molecule is C=NC(=C/C)/C(=C\N)N=C. The Morgan fingerprint density at radius 1 is 1.30 bits per heavy atom. The van der Waals surface area contributed by atoms with Crippen molar-refractivity contribution in [3.05, 3.63) is 23.7 Å². The van der Waals surface area contributed by atoms with Crippen LogP contribution in [-0.4, -0.2) is 13.4 Å². The van der Waals surface area contributed by atoms with Crippen LogP contribution in [0.5, 0.6) is 0 Å². The zero-order valence-corrected chi connectivity index (χ0v) is 6.04. The normalized spacial score (nSPS) is 12.9. The van der Waals surface area contributed by atoms with Gasteiger partial charge in [0, 0.05) is 6.20 Å². The average molecular weight is 137 g/mol. The molecule has 0 atom stereocenters. The van der Waals surface area contributed by atoms with Gasteiger partial charge in [0.1, 0.15) is 5.70 Å². The Balaban J connectivity index is 4.58. The number of aliphatic imine (C=N–C) groups is 2. The first kappa shape index (κ1) is 8.62. The Labute approximate surface area is 60.7 Å². The van der Waals surface area contributed by atoms with Crippen molar-refractivity contribution < 1.29 is 0 Å². The summed E-state index contributed by atoms with van der Waals surface area (Å²) >= 11 is 0. The van der Waals surface area contributed by atoms with Crippen molar-refractivity contribution in [1.29, 1.82) is 0 Å². The molecule has 3 heteroatoms. The Bertz CT molecular complexity index is 167. The molecule has 0 aromatic rings. The van der Waals surface area contributed by atoms with Gasteiger partial charge in [0.05, 0.1) is 5.70 Å². The number of nitrogens with zero attached hydrogens (tertiary/aromatic N) is 2. The Hall–Kier alpha value is -1.38. The lowest BCUT2D eigenvalue weighted by atomic mass is 10.3. The molecule has 0 bridgehead atoms. The molecular weight excluding hydrogens is 126 g/mol. The van der Waals surface area contributed by atoms with Crippen LogP contribution in [0, 0.1) is 0 Å². The van der Waals surface area contributed by atoms with Crippen LogP contribution in [0.4, 0.5) is 0 Å². The van der Waals surface area contributed by atoms with Gasteiger partial charge in [-0.1, -0.05) is 6.08 Å². The van der Waals surface area contributed by atoms with Crippen LogP contribution < -0.4 is 5.73 Å². The van der Waals surface area contributed by atoms with Gasteiger partial charge in [-0.2, -0.15) is 0 Å². The van der Waals surface area contributed by atoms with E-state index in [1.165, 1.54) is 6.20 Å². The monoisotopic (exact) mass is 137 g/mol. The van der Waals surface area contributed by atoms with Crippen molar-refractivity contribution in [3.8, 4) is 0 Å². The lowest BCUT2D eigenvalue weighted by molar-refractivity contribution is 1.23. The number of rotatable bonds is 3. The Morgan fingerprint density at radius 2 is 1.80 bits per heavy atom. The minimum Gasteiger partial charge on any atom is -0.403 e. The molecule has 0 fully saturated rings. The van der Waals surface area contributed by atoms with Crippen molar-refractivity contribution in [2.24, 2.45) is 15.7 Å². The summed E-state index contributed by atoms with van der Waals surface area (Å²) in [5.41, 5.74) is 6.41. The van der Waals surface area contributed by atoms with Gasteiger partial charge >= 0.3 is 0 Å². The number of allylic oxidation sites excluding steroid dienone is 1. The second-order valence-corrected chi connectivity index (χ2v) is 1.54. The van der Waals surface area contributed by atoms with Crippen molar-refractivity contribution >= 4 is 13.4 Å². The van der Waals surface area contributed by atoms with Crippen LogP contribution >= 0.6 is 0 Å². The first-order valence-electron chi connectivity index (χ1n) is 2.82. The van der Waals surface area contributed by atoms with E-state index >= 15 is 0 Å². The fourth-order valence-electron chi connectivity index (χ4n) is 0.539. The van der Waals surface area contributed by atoms with Crippen LogP contribution in [0.1, 0.15) is 6.92 Å². The third kappa shape index (κ3) is 1.85. The van der Waals surface area contributed by atoms with Crippen molar-refractivity contribution in [2.75, 3.05) is 0 Å². The van der Waals surface area contributed by atoms with E-state index in [0.717, 1.165) is 0 Å². The number of nitrogens with two attached hydrogens (primary N) is 1. The number of hydrogen-bond donors (Lipinski definition) is 1. The summed E-state index contributed by atoms with van der Waals surface area (Å²) in [5.74, 6) is 0. The molecule has 0 unspecified atom stereocenters. The first-order chi connectivity index (χ1) is 4.79. The summed E-state index contributed by atoms with van der Waals surface area (Å²) < 4.78 is 0. The first-order valence-corrected chi connectivity index (χ1v) is 2.82. The minimum absolute atomic E-state index is 0.553. The predicted octanol–water partition coefficient (Wildman–Crippen LogP) is 1.09. The molecule has 0 radical (unpaired) electrons. The maximum atomic E-state index is 5.21. The third-order valence-electron chi connectivity index (χ3n) is 1.03. The standard InChI is InChI=1S/C7H11N3/c1-4-6(9-2)7(5-8)10-3/h4-5H,2-3,8H2,1H3/b6-4+,7-5+. The van der Waals surface area contributed by atoms with E-state index < -0.39 is 0 Å². The third-order valence-corrected chi connectivity index (χ3v) is 1.03. The highest BCUT2D eigenvalue weighted by Gasteiger charge is 1.95. The van der Waals surface area contributed by atoms with Gasteiger partial charge < -0.3 is 5.73 Å². The van der Waals surface area contributed by atoms with Gasteiger partial charge in [0.15, 0.2) is 0 Å². The van der Waals surface area contributed by atoms with Crippen molar-refractivity contribution in [3.63, 3.8) is 0 Å². The topological polar surface area (TPSA) is 50.7 Å². The summed E-state index contributed by atoms with van der Waals surface area (Å²) in [6.07, 6.45) is 3.11. The molecule has 0 aromatic carbocycles. The highest BCUT2D eigenvalue weighted by molar-refractivity contribution is 5.41. The maximum absolute atomic E-state index is 5.21. The molecule has 0 aromatic heterocycles. The van der Waals surface area contributed by atoms with E-state index in [-0.39, 0.29) is 0 Å². The largest absolute Gasteiger partial charge is 0.403 e. The quantitative estimate of drug-likeness (QED) is 0.459. The fraction of sp³-hybridized carbons (Fsp3) is 0.143. The lowest BCUT2D eigenvalue weighted by Gasteiger charge is -1.96. The summed E-state index contributed by atoms with van der Waals surface area (Å²) in [5, 5.41) is 0. The van der Waals surface area contributed by atoms with Crippen molar-refractivity contribution in [1.82, 2.24) is 0 Å². The molecule has 0 spiro atoms. The van der Waals surface area contributed by atoms with E-state index in [4.69, 9.17) is 5.73 Å². The molecule has 0 saturated heterocycles. The Morgan fingerprint density at radius 3 is 1.90 bits per heavy atom. The highest BCUT2D eigenvalue weighted by Crippen LogP contribution is 2.09. The fourth-order valence-corrected chi connectivity index (χ4v) is 0.539. The summed E-state index contributed by atoms with van der Waals surface area (Å²) in [6, 6.07) is 0. The molecule has 0 aliphatic carbocycles. The van der Waals surface area contributed by atoms with Crippen LogP contribution in [0.2, 0.25) is 0 Å². The lowest BCUT2D eigenvalue weighted by Crippen LogP contribution is -1.88. The molecule has 0 amide bonds. The molecule has 0 heterocycles. The summed E-state index contributed by atoms with van der Waals surface area (Å²) in [6.45, 7) is 8.50. The second kappa shape index (κ2) is 4.49. The Kier molecular flexibility index (Phi) is 3.87. The molecule has 0 aliphatic rings. The van der Waals surface area contributed by atoms with Gasteiger partial charge in [-0.3, -0.25) is 9.98 Å². The van der Waals surface area contributed by atoms with Gasteiger partial charge in [0.2, 0.25) is 0 Å². The van der Waals surface area contributed by atoms with E-state index in [1.54, 1.807) is 6.08 Å². The van der Waals surface area contributed by atoms with Gasteiger partial charge in [-0.05, 0) is 20.4 Å². The zero-order chi connectivity index (χ0) is 7.98. The van der Waals surface area contributed by atoms with Crippen LogP contribution in [0.3, 0.4) is 0 Å². The molecular formula is C7H11N3. The molecule has 0 saturated carbocycles. The summed E-state index contributed by atoms with van der Waals surface area (Å²) in [4.78, 5) is 7.31. The van der Waals surface area contributed by atoms with Gasteiger partial charge in [-0.25, -0.2) is 0 Å². The van der Waals surface area contributed by atoms with Gasteiger partial charge in [0.25, 0.3) is 0 Å².